The summed E-state index contributed by atoms with van der Waals surface area (Å²) < 4.78 is 55.2. The quantitative estimate of drug-likeness (QED) is 0.793. The van der Waals surface area contributed by atoms with Gasteiger partial charge in [-0.3, -0.25) is 4.79 Å². The zero-order valence-electron chi connectivity index (χ0n) is 14.3. The van der Waals surface area contributed by atoms with Crippen LogP contribution < -0.4 is 5.73 Å². The molecule has 3 rings (SSSR count). The molecule has 2 unspecified atom stereocenters. The number of likely N-dealkylation sites (tertiary alicyclic amines) is 1. The molecule has 27 heavy (non-hydrogen) atoms. The molecule has 2 atom stereocenters. The maximum absolute atomic E-state index is 13.9. The van der Waals surface area contributed by atoms with Crippen LogP contribution in [0.4, 0.5) is 17.6 Å². The number of rotatable bonds is 3. The van der Waals surface area contributed by atoms with E-state index in [0.717, 1.165) is 12.1 Å². The second-order valence-corrected chi connectivity index (χ2v) is 6.29. The van der Waals surface area contributed by atoms with Crippen LogP contribution in [0.1, 0.15) is 29.5 Å². The van der Waals surface area contributed by atoms with E-state index < -0.39 is 35.0 Å². The molecule has 2 heterocycles. The summed E-state index contributed by atoms with van der Waals surface area (Å²) in [5, 5.41) is 6.84. The van der Waals surface area contributed by atoms with E-state index in [1.165, 1.54) is 17.0 Å². The van der Waals surface area contributed by atoms with E-state index in [1.807, 2.05) is 0 Å². The van der Waals surface area contributed by atoms with Crippen LogP contribution in [0.5, 0.6) is 0 Å². The first-order valence-corrected chi connectivity index (χ1v) is 8.02. The predicted molar refractivity (Wildman–Crippen MR) is 91.2 cm³/mol. The zero-order chi connectivity index (χ0) is 19.1. The first kappa shape index (κ1) is 21.1. The maximum Gasteiger partial charge on any atom is 0.435 e. The van der Waals surface area contributed by atoms with Crippen LogP contribution in [0.15, 0.2) is 24.3 Å². The Morgan fingerprint density at radius 3 is 2.56 bits per heavy atom. The van der Waals surface area contributed by atoms with Crippen LogP contribution >= 0.6 is 12.4 Å². The maximum atomic E-state index is 13.9. The predicted octanol–water partition coefficient (Wildman–Crippen LogP) is 2.66. The van der Waals surface area contributed by atoms with Gasteiger partial charge in [0.05, 0.1) is 0 Å². The summed E-state index contributed by atoms with van der Waals surface area (Å²) in [7, 11) is 0. The summed E-state index contributed by atoms with van der Waals surface area (Å²) in [6, 6.07) is 4.59. The molecule has 1 aromatic heterocycles. The topological polar surface area (TPSA) is 77.0 Å². The highest BCUT2D eigenvalue weighted by Gasteiger charge is 2.44. The fraction of sp³-hybridized carbons (Fsp3) is 0.438. The Hall–Kier alpha value is -2.20. The number of carbonyl (C=O) groups is 1. The lowest BCUT2D eigenvalue weighted by Crippen LogP contribution is -2.36. The van der Waals surface area contributed by atoms with E-state index in [9.17, 15) is 22.4 Å². The van der Waals surface area contributed by atoms with Crippen LogP contribution in [-0.2, 0) is 6.18 Å². The fourth-order valence-corrected chi connectivity index (χ4v) is 3.20. The van der Waals surface area contributed by atoms with Crippen LogP contribution in [0.2, 0.25) is 0 Å². The van der Waals surface area contributed by atoms with E-state index in [-0.39, 0.29) is 30.9 Å². The van der Waals surface area contributed by atoms with Crippen molar-refractivity contribution in [1.29, 1.82) is 0 Å². The Morgan fingerprint density at radius 2 is 2.00 bits per heavy atom. The van der Waals surface area contributed by atoms with Crippen molar-refractivity contribution in [3.63, 3.8) is 0 Å². The van der Waals surface area contributed by atoms with Crippen molar-refractivity contribution in [3.8, 4) is 5.69 Å². The summed E-state index contributed by atoms with van der Waals surface area (Å²) in [6.07, 6.45) is -4.34. The Labute approximate surface area is 158 Å². The highest BCUT2D eigenvalue weighted by molar-refractivity contribution is 5.94. The largest absolute Gasteiger partial charge is 0.435 e. The summed E-state index contributed by atoms with van der Waals surface area (Å²) in [4.78, 5) is 14.0. The smallest absolute Gasteiger partial charge is 0.334 e. The van der Waals surface area contributed by atoms with E-state index in [2.05, 4.69) is 10.3 Å². The third-order valence-electron chi connectivity index (χ3n) is 4.48. The number of alkyl halides is 3. The fourth-order valence-electron chi connectivity index (χ4n) is 3.20. The third kappa shape index (κ3) is 3.91. The Kier molecular flexibility index (Phi) is 6.10. The van der Waals surface area contributed by atoms with Gasteiger partial charge in [0.15, 0.2) is 11.4 Å². The van der Waals surface area contributed by atoms with Gasteiger partial charge in [-0.1, -0.05) is 17.3 Å². The van der Waals surface area contributed by atoms with Crippen LogP contribution in [-0.4, -0.2) is 44.9 Å². The van der Waals surface area contributed by atoms with Gasteiger partial charge in [0.2, 0.25) is 0 Å². The average molecular weight is 408 g/mol. The molecule has 148 valence electrons. The number of halogens is 5. The molecule has 0 radical (unpaired) electrons. The monoisotopic (exact) mass is 407 g/mol. The molecule has 0 aliphatic carbocycles. The average Bonchev–Trinajstić information content (AvgIpc) is 3.18. The van der Waals surface area contributed by atoms with Crippen molar-refractivity contribution in [2.24, 2.45) is 11.7 Å². The molecule has 0 spiro atoms. The number of para-hydroxylation sites is 1. The Morgan fingerprint density at radius 1 is 1.33 bits per heavy atom. The SMILES string of the molecule is CC1CC(CN)CN1C(=O)c1nnn(-c2ccccc2F)c1C(F)(F)F.Cl. The Bertz CT molecular complexity index is 825. The number of benzene rings is 1. The lowest BCUT2D eigenvalue weighted by molar-refractivity contribution is -0.143. The molecule has 1 saturated heterocycles. The zero-order valence-corrected chi connectivity index (χ0v) is 15.1. The molecule has 0 bridgehead atoms. The second-order valence-electron chi connectivity index (χ2n) is 6.29. The summed E-state index contributed by atoms with van der Waals surface area (Å²) >= 11 is 0. The minimum Gasteiger partial charge on any atom is -0.334 e. The van der Waals surface area contributed by atoms with Crippen molar-refractivity contribution >= 4 is 18.3 Å². The van der Waals surface area contributed by atoms with Crippen molar-refractivity contribution < 1.29 is 22.4 Å². The minimum atomic E-state index is -4.94. The van der Waals surface area contributed by atoms with Gasteiger partial charge < -0.3 is 10.6 Å². The number of carbonyl (C=O) groups excluding carboxylic acids is 1. The van der Waals surface area contributed by atoms with Crippen molar-refractivity contribution in [2.75, 3.05) is 13.1 Å². The molecular weight excluding hydrogens is 390 g/mol. The molecular formula is C16H18ClF4N5O. The highest BCUT2D eigenvalue weighted by atomic mass is 35.5. The molecule has 1 aliphatic heterocycles. The van der Waals surface area contributed by atoms with Gasteiger partial charge in [-0.15, -0.1) is 17.5 Å². The molecule has 1 aromatic carbocycles. The van der Waals surface area contributed by atoms with E-state index >= 15 is 0 Å². The standard InChI is InChI=1S/C16H17F4N5O.ClH/c1-9-6-10(7-21)8-24(9)15(26)13-14(16(18,19)20)25(23-22-13)12-5-3-2-4-11(12)17;/h2-5,9-10H,6-8,21H2,1H3;1H. The number of nitrogens with zero attached hydrogens (tertiary/aromatic N) is 4. The first-order chi connectivity index (χ1) is 12.2. The molecule has 6 nitrogen and oxygen atoms in total. The van der Waals surface area contributed by atoms with Gasteiger partial charge in [0, 0.05) is 12.6 Å². The van der Waals surface area contributed by atoms with Gasteiger partial charge in [-0.2, -0.15) is 13.2 Å². The molecule has 1 amide bonds. The third-order valence-corrected chi connectivity index (χ3v) is 4.48. The van der Waals surface area contributed by atoms with Crippen molar-refractivity contribution in [2.45, 2.75) is 25.6 Å². The van der Waals surface area contributed by atoms with E-state index in [1.54, 1.807) is 6.92 Å². The molecule has 0 saturated carbocycles. The molecule has 11 heteroatoms. The number of amides is 1. The molecule has 1 aliphatic rings. The van der Waals surface area contributed by atoms with Crippen LogP contribution in [0.3, 0.4) is 0 Å². The first-order valence-electron chi connectivity index (χ1n) is 8.02. The van der Waals surface area contributed by atoms with Crippen molar-refractivity contribution in [3.05, 3.63) is 41.5 Å². The second kappa shape index (κ2) is 7.81. The minimum absolute atomic E-state index is 0. The lowest BCUT2D eigenvalue weighted by atomic mass is 10.1. The van der Waals surface area contributed by atoms with Gasteiger partial charge >= 0.3 is 6.18 Å². The van der Waals surface area contributed by atoms with Gasteiger partial charge in [0.1, 0.15) is 11.5 Å². The Balaban J connectivity index is 0.00000261. The number of nitrogens with two attached hydrogens (primary N) is 1. The van der Waals surface area contributed by atoms with Gasteiger partial charge in [0.25, 0.3) is 5.91 Å². The highest BCUT2D eigenvalue weighted by Crippen LogP contribution is 2.35. The normalized spacial score (nSPS) is 19.9. The van der Waals surface area contributed by atoms with Crippen molar-refractivity contribution in [1.82, 2.24) is 19.9 Å². The molecule has 2 aromatic rings. The van der Waals surface area contributed by atoms with Crippen LogP contribution in [0, 0.1) is 11.7 Å². The summed E-state index contributed by atoms with van der Waals surface area (Å²) in [5.41, 5.74) is 2.94. The lowest BCUT2D eigenvalue weighted by Gasteiger charge is -2.21. The van der Waals surface area contributed by atoms with E-state index in [4.69, 9.17) is 5.73 Å². The summed E-state index contributed by atoms with van der Waals surface area (Å²) in [6.45, 7) is 2.32. The van der Waals surface area contributed by atoms with Gasteiger partial charge in [-0.05, 0) is 37.9 Å². The molecule has 2 N–H and O–H groups in total. The number of aromatic nitrogens is 3. The number of hydrogen-bond acceptors (Lipinski definition) is 4. The van der Waals surface area contributed by atoms with Gasteiger partial charge in [-0.25, -0.2) is 9.07 Å². The molecule has 1 fully saturated rings. The number of hydrogen-bond donors (Lipinski definition) is 1. The van der Waals surface area contributed by atoms with Crippen LogP contribution in [0.25, 0.3) is 5.69 Å². The van der Waals surface area contributed by atoms with E-state index in [0.29, 0.717) is 17.6 Å². The summed E-state index contributed by atoms with van der Waals surface area (Å²) in [5.74, 6) is -1.77.